The highest BCUT2D eigenvalue weighted by molar-refractivity contribution is 7.80. The van der Waals surface area contributed by atoms with Crippen molar-refractivity contribution in [3.05, 3.63) is 48.0 Å². The van der Waals surface area contributed by atoms with Crippen molar-refractivity contribution in [2.75, 3.05) is 0 Å². The van der Waals surface area contributed by atoms with Crippen LogP contribution in [0.1, 0.15) is 29.6 Å². The van der Waals surface area contributed by atoms with Crippen molar-refractivity contribution in [3.63, 3.8) is 0 Å². The molecule has 24 heavy (non-hydrogen) atoms. The molecule has 0 saturated heterocycles. The second kappa shape index (κ2) is 5.91. The van der Waals surface area contributed by atoms with Crippen LogP contribution in [0.3, 0.4) is 0 Å². The number of para-hydroxylation sites is 1. The fourth-order valence-electron chi connectivity index (χ4n) is 3.16. The van der Waals surface area contributed by atoms with E-state index in [-0.39, 0.29) is 11.9 Å². The molecule has 1 heterocycles. The van der Waals surface area contributed by atoms with Crippen LogP contribution in [-0.2, 0) is 0 Å². The largest absolute Gasteiger partial charge is 0.392 e. The van der Waals surface area contributed by atoms with E-state index in [4.69, 9.17) is 18.0 Å². The Kier molecular flexibility index (Phi) is 3.73. The molecule has 1 saturated carbocycles. The fourth-order valence-corrected chi connectivity index (χ4v) is 3.32. The van der Waals surface area contributed by atoms with E-state index < -0.39 is 0 Å². The number of hydrogen-bond donors (Lipinski definition) is 3. The second-order valence-electron chi connectivity index (χ2n) is 6.54. The highest BCUT2D eigenvalue weighted by Crippen LogP contribution is 2.33. The third-order valence-corrected chi connectivity index (χ3v) is 4.97. The first-order valence-corrected chi connectivity index (χ1v) is 8.63. The van der Waals surface area contributed by atoms with Gasteiger partial charge in [0.25, 0.3) is 5.91 Å². The lowest BCUT2D eigenvalue weighted by molar-refractivity contribution is 0.0945. The van der Waals surface area contributed by atoms with E-state index in [2.05, 4.69) is 16.4 Å². The number of aromatic nitrogens is 1. The molecule has 0 spiro atoms. The van der Waals surface area contributed by atoms with Crippen LogP contribution >= 0.6 is 12.2 Å². The number of H-pyrrole nitrogens is 1. The molecule has 0 bridgehead atoms. The van der Waals surface area contributed by atoms with Gasteiger partial charge in [-0.15, -0.1) is 0 Å². The van der Waals surface area contributed by atoms with Crippen LogP contribution < -0.4 is 11.1 Å². The average molecular weight is 337 g/mol. The van der Waals surface area contributed by atoms with Gasteiger partial charge in [0.1, 0.15) is 0 Å². The molecule has 4 N–H and O–H groups in total. The first-order chi connectivity index (χ1) is 11.6. The van der Waals surface area contributed by atoms with Crippen molar-refractivity contribution in [3.8, 4) is 0 Å². The molecule has 3 aromatic rings. The summed E-state index contributed by atoms with van der Waals surface area (Å²) in [5.41, 5.74) is 8.52. The fraction of sp³-hybridized carbons (Fsp3) is 0.263. The van der Waals surface area contributed by atoms with Gasteiger partial charge < -0.3 is 16.0 Å². The number of fused-ring (bicyclic) bond motifs is 3. The highest BCUT2D eigenvalue weighted by atomic mass is 32.1. The molecule has 4 rings (SSSR count). The molecule has 1 amide bonds. The number of thiocarbonyl (C=S) groups is 1. The molecule has 122 valence electrons. The SMILES string of the molecule is NC(=S)[C@H](CC1CC1)NC(=O)c1ccc2[nH]c3ccccc3c2c1. The van der Waals surface area contributed by atoms with Crippen LogP contribution in [0, 0.1) is 5.92 Å². The van der Waals surface area contributed by atoms with Crippen LogP contribution in [-0.4, -0.2) is 21.9 Å². The molecule has 5 heteroatoms. The Morgan fingerprint density at radius 2 is 1.96 bits per heavy atom. The van der Waals surface area contributed by atoms with Gasteiger partial charge in [0.15, 0.2) is 0 Å². The Morgan fingerprint density at radius 1 is 1.21 bits per heavy atom. The van der Waals surface area contributed by atoms with E-state index in [1.165, 1.54) is 12.8 Å². The van der Waals surface area contributed by atoms with E-state index in [1.54, 1.807) is 0 Å². The summed E-state index contributed by atoms with van der Waals surface area (Å²) >= 11 is 5.12. The quantitative estimate of drug-likeness (QED) is 0.624. The number of carbonyl (C=O) groups excluding carboxylic acids is 1. The number of hydrogen-bond acceptors (Lipinski definition) is 2. The number of nitrogens with two attached hydrogens (primary N) is 1. The molecule has 0 aliphatic heterocycles. The third-order valence-electron chi connectivity index (χ3n) is 4.68. The first-order valence-electron chi connectivity index (χ1n) is 8.22. The molecule has 1 aliphatic rings. The predicted octanol–water partition coefficient (Wildman–Crippen LogP) is 3.51. The van der Waals surface area contributed by atoms with E-state index >= 15 is 0 Å². The van der Waals surface area contributed by atoms with Crippen molar-refractivity contribution in [1.82, 2.24) is 10.3 Å². The standard InChI is InChI=1S/C19H19N3OS/c20-18(24)17(9-11-5-6-11)22-19(23)12-7-8-16-14(10-12)13-3-1-2-4-15(13)21-16/h1-4,7-8,10-11,17,21H,5-6,9H2,(H2,20,24)(H,22,23)/t17-/m0/s1. The topological polar surface area (TPSA) is 70.9 Å². The zero-order valence-electron chi connectivity index (χ0n) is 13.2. The minimum absolute atomic E-state index is 0.124. The van der Waals surface area contributed by atoms with Gasteiger partial charge >= 0.3 is 0 Å². The van der Waals surface area contributed by atoms with Crippen LogP contribution in [0.5, 0.6) is 0 Å². The summed E-state index contributed by atoms with van der Waals surface area (Å²) in [5, 5.41) is 5.16. The summed E-state index contributed by atoms with van der Waals surface area (Å²) in [4.78, 5) is 16.4. The lowest BCUT2D eigenvalue weighted by atomic mass is 10.1. The summed E-state index contributed by atoms with van der Waals surface area (Å²) in [6.45, 7) is 0. The minimum atomic E-state index is -0.223. The zero-order chi connectivity index (χ0) is 16.7. The van der Waals surface area contributed by atoms with Gasteiger partial charge in [-0.25, -0.2) is 0 Å². The normalized spacial score (nSPS) is 15.5. The summed E-state index contributed by atoms with van der Waals surface area (Å²) in [7, 11) is 0. The third kappa shape index (κ3) is 2.87. The lowest BCUT2D eigenvalue weighted by Crippen LogP contribution is -2.43. The summed E-state index contributed by atoms with van der Waals surface area (Å²) in [5.74, 6) is 0.522. The average Bonchev–Trinajstić information content (AvgIpc) is 3.32. The van der Waals surface area contributed by atoms with Crippen LogP contribution in [0.4, 0.5) is 0 Å². The van der Waals surface area contributed by atoms with Crippen molar-refractivity contribution in [2.24, 2.45) is 11.7 Å². The number of rotatable bonds is 5. The zero-order valence-corrected chi connectivity index (χ0v) is 14.0. The van der Waals surface area contributed by atoms with Crippen molar-refractivity contribution >= 4 is 44.9 Å². The van der Waals surface area contributed by atoms with Crippen LogP contribution in [0.2, 0.25) is 0 Å². The molecule has 1 atom stereocenters. The Labute approximate surface area is 145 Å². The monoisotopic (exact) mass is 337 g/mol. The minimum Gasteiger partial charge on any atom is -0.392 e. The lowest BCUT2D eigenvalue weighted by Gasteiger charge is -2.17. The Balaban J connectivity index is 1.63. The van der Waals surface area contributed by atoms with Gasteiger partial charge in [-0.3, -0.25) is 4.79 Å². The Morgan fingerprint density at radius 3 is 2.71 bits per heavy atom. The molecular weight excluding hydrogens is 318 g/mol. The highest BCUT2D eigenvalue weighted by Gasteiger charge is 2.28. The predicted molar refractivity (Wildman–Crippen MR) is 101 cm³/mol. The van der Waals surface area contributed by atoms with Crippen molar-refractivity contribution in [1.29, 1.82) is 0 Å². The maximum absolute atomic E-state index is 12.6. The summed E-state index contributed by atoms with van der Waals surface area (Å²) in [6, 6.07) is 13.6. The Hall–Kier alpha value is -2.40. The molecule has 2 aromatic carbocycles. The van der Waals surface area contributed by atoms with Gasteiger partial charge in [0, 0.05) is 27.4 Å². The van der Waals surface area contributed by atoms with E-state index in [1.807, 2.05) is 36.4 Å². The molecule has 0 unspecified atom stereocenters. The van der Waals surface area contributed by atoms with Gasteiger partial charge in [-0.1, -0.05) is 43.3 Å². The molecule has 0 radical (unpaired) electrons. The maximum Gasteiger partial charge on any atom is 0.251 e. The molecule has 1 aromatic heterocycles. The van der Waals surface area contributed by atoms with E-state index in [9.17, 15) is 4.79 Å². The number of benzene rings is 2. The maximum atomic E-state index is 12.6. The number of aromatic amines is 1. The smallest absolute Gasteiger partial charge is 0.251 e. The summed E-state index contributed by atoms with van der Waals surface area (Å²) in [6.07, 6.45) is 3.25. The first kappa shape index (κ1) is 15.1. The van der Waals surface area contributed by atoms with Gasteiger partial charge in [-0.05, 0) is 36.6 Å². The van der Waals surface area contributed by atoms with Crippen LogP contribution in [0.15, 0.2) is 42.5 Å². The van der Waals surface area contributed by atoms with E-state index in [0.29, 0.717) is 16.5 Å². The number of amides is 1. The molecule has 1 aliphatic carbocycles. The van der Waals surface area contributed by atoms with Gasteiger partial charge in [0.2, 0.25) is 0 Å². The van der Waals surface area contributed by atoms with Crippen LogP contribution in [0.25, 0.3) is 21.8 Å². The number of carbonyl (C=O) groups is 1. The van der Waals surface area contributed by atoms with Gasteiger partial charge in [0.05, 0.1) is 11.0 Å². The second-order valence-corrected chi connectivity index (χ2v) is 7.01. The van der Waals surface area contributed by atoms with Gasteiger partial charge in [-0.2, -0.15) is 0 Å². The summed E-state index contributed by atoms with van der Waals surface area (Å²) < 4.78 is 0. The van der Waals surface area contributed by atoms with Crippen molar-refractivity contribution < 1.29 is 4.79 Å². The van der Waals surface area contributed by atoms with E-state index in [0.717, 1.165) is 28.2 Å². The molecular formula is C19H19N3OS. The van der Waals surface area contributed by atoms with Crippen molar-refractivity contribution in [2.45, 2.75) is 25.3 Å². The molecule has 4 nitrogen and oxygen atoms in total. The Bertz CT molecular complexity index is 942. The number of nitrogens with one attached hydrogen (secondary N) is 2. The molecule has 1 fully saturated rings.